The van der Waals surface area contributed by atoms with Gasteiger partial charge < -0.3 is 5.32 Å². The van der Waals surface area contributed by atoms with Gasteiger partial charge in [0.1, 0.15) is 11.4 Å². The zero-order chi connectivity index (χ0) is 24.6. The van der Waals surface area contributed by atoms with E-state index in [0.717, 1.165) is 16.7 Å². The summed E-state index contributed by atoms with van der Waals surface area (Å²) in [5.74, 6) is -0.794. The van der Waals surface area contributed by atoms with Crippen molar-refractivity contribution in [2.45, 2.75) is 13.1 Å². The van der Waals surface area contributed by atoms with E-state index in [1.165, 1.54) is 37.0 Å². The molecule has 1 amide bonds. The van der Waals surface area contributed by atoms with Crippen molar-refractivity contribution in [3.05, 3.63) is 87.1 Å². The van der Waals surface area contributed by atoms with E-state index in [2.05, 4.69) is 20.6 Å². The van der Waals surface area contributed by atoms with Crippen LogP contribution in [-0.4, -0.2) is 37.5 Å². The Bertz CT molecular complexity index is 1440. The van der Waals surface area contributed by atoms with Gasteiger partial charge in [-0.15, -0.1) is 5.10 Å². The minimum atomic E-state index is -4.62. The molecule has 174 valence electrons. The predicted molar refractivity (Wildman–Crippen MR) is 118 cm³/mol. The van der Waals surface area contributed by atoms with Crippen LogP contribution in [0.1, 0.15) is 21.7 Å². The normalized spacial score (nSPS) is 11.5. The van der Waals surface area contributed by atoms with Gasteiger partial charge in [-0.1, -0.05) is 22.9 Å². The van der Waals surface area contributed by atoms with Crippen LogP contribution < -0.4 is 10.9 Å². The van der Waals surface area contributed by atoms with Gasteiger partial charge >= 0.3 is 6.18 Å². The van der Waals surface area contributed by atoms with Gasteiger partial charge in [0, 0.05) is 17.8 Å². The van der Waals surface area contributed by atoms with Crippen LogP contribution in [0.25, 0.3) is 22.8 Å². The summed E-state index contributed by atoms with van der Waals surface area (Å²) in [6.45, 7) is 1.51. The highest BCUT2D eigenvalue weighted by atomic mass is 35.5. The Morgan fingerprint density at radius 2 is 1.79 bits per heavy atom. The second-order valence-electron chi connectivity index (χ2n) is 7.17. The van der Waals surface area contributed by atoms with Gasteiger partial charge in [0.2, 0.25) is 0 Å². The summed E-state index contributed by atoms with van der Waals surface area (Å²) < 4.78 is 42.4. The summed E-state index contributed by atoms with van der Waals surface area (Å²) in [5, 5.41) is 10.8. The van der Waals surface area contributed by atoms with Crippen LogP contribution in [0.15, 0.2) is 59.5 Å². The van der Waals surface area contributed by atoms with E-state index in [9.17, 15) is 22.8 Å². The molecule has 0 radical (unpaired) electrons. The van der Waals surface area contributed by atoms with Crippen LogP contribution in [0.2, 0.25) is 5.02 Å². The molecule has 0 aliphatic rings. The van der Waals surface area contributed by atoms with Crippen molar-refractivity contribution >= 4 is 17.5 Å². The summed E-state index contributed by atoms with van der Waals surface area (Å²) in [7, 11) is 1.32. The fraction of sp³-hybridized carbons (Fsp3) is 0.136. The Balaban J connectivity index is 2.01. The molecule has 0 fully saturated rings. The maximum absolute atomic E-state index is 13.3. The quantitative estimate of drug-likeness (QED) is 0.471. The van der Waals surface area contributed by atoms with Crippen LogP contribution >= 0.6 is 11.6 Å². The Labute approximate surface area is 195 Å². The number of nitrogens with zero attached hydrogens (tertiary/aromatic N) is 5. The summed E-state index contributed by atoms with van der Waals surface area (Å²) in [5.41, 5.74) is -1.18. The number of nitrogens with one attached hydrogen (secondary N) is 1. The van der Waals surface area contributed by atoms with Crippen molar-refractivity contribution < 1.29 is 18.0 Å². The SMILES string of the molecule is CNC(=O)c1nc(-c2cnnn2-c2ccc(Cl)cc2)c(C)n(-c2cccc(C(F)(F)F)c2)c1=O. The molecule has 4 aromatic rings. The zero-order valence-corrected chi connectivity index (χ0v) is 18.5. The molecule has 12 heteroatoms. The summed E-state index contributed by atoms with van der Waals surface area (Å²) in [6.07, 6.45) is -3.25. The van der Waals surface area contributed by atoms with Gasteiger partial charge in [0.25, 0.3) is 11.5 Å². The van der Waals surface area contributed by atoms with Crippen molar-refractivity contribution in [1.29, 1.82) is 0 Å². The van der Waals surface area contributed by atoms with Gasteiger partial charge in [-0.3, -0.25) is 14.2 Å². The van der Waals surface area contributed by atoms with Crippen LogP contribution in [0.3, 0.4) is 0 Å². The first kappa shape index (κ1) is 23.2. The molecule has 0 atom stereocenters. The predicted octanol–water partition coefficient (Wildman–Crippen LogP) is 3.82. The first-order valence-electron chi connectivity index (χ1n) is 9.82. The molecule has 0 bridgehead atoms. The van der Waals surface area contributed by atoms with Crippen molar-refractivity contribution in [3.63, 3.8) is 0 Å². The highest BCUT2D eigenvalue weighted by molar-refractivity contribution is 6.30. The molecule has 1 N–H and O–H groups in total. The highest BCUT2D eigenvalue weighted by Gasteiger charge is 2.31. The Kier molecular flexibility index (Phi) is 5.96. The van der Waals surface area contributed by atoms with Crippen LogP contribution in [-0.2, 0) is 6.18 Å². The number of benzene rings is 2. The molecule has 0 saturated heterocycles. The lowest BCUT2D eigenvalue weighted by atomic mass is 10.1. The largest absolute Gasteiger partial charge is 0.416 e. The molecule has 2 aromatic heterocycles. The van der Waals surface area contributed by atoms with Crippen LogP contribution in [0.4, 0.5) is 13.2 Å². The Morgan fingerprint density at radius 1 is 1.09 bits per heavy atom. The lowest BCUT2D eigenvalue weighted by molar-refractivity contribution is -0.137. The lowest BCUT2D eigenvalue weighted by Gasteiger charge is -2.17. The molecule has 34 heavy (non-hydrogen) atoms. The van der Waals surface area contributed by atoms with Crippen LogP contribution in [0.5, 0.6) is 0 Å². The maximum Gasteiger partial charge on any atom is 0.416 e. The summed E-state index contributed by atoms with van der Waals surface area (Å²) in [4.78, 5) is 29.9. The molecule has 0 aliphatic heterocycles. The number of rotatable bonds is 4. The molecule has 2 heterocycles. The first-order chi connectivity index (χ1) is 16.1. The number of alkyl halides is 3. The molecule has 0 unspecified atom stereocenters. The summed E-state index contributed by atoms with van der Waals surface area (Å²) in [6, 6.07) is 10.9. The Morgan fingerprint density at radius 3 is 2.44 bits per heavy atom. The smallest absolute Gasteiger partial charge is 0.354 e. The number of halogens is 4. The molecular weight excluding hydrogens is 473 g/mol. The fourth-order valence-electron chi connectivity index (χ4n) is 3.42. The standard InChI is InChI=1S/C22H16ClF3N6O2/c1-12-18(17-11-28-30-32(17)15-8-6-14(23)7-9-15)29-19(20(33)27-2)21(34)31(12)16-5-3-4-13(10-16)22(24,25)26/h3-11H,1-2H3,(H,27,33). The van der Waals surface area contributed by atoms with Gasteiger partial charge in [-0.25, -0.2) is 9.67 Å². The van der Waals surface area contributed by atoms with Crippen LogP contribution in [0, 0.1) is 6.92 Å². The molecule has 0 aliphatic carbocycles. The minimum absolute atomic E-state index is 0.0726. The maximum atomic E-state index is 13.3. The van der Waals surface area contributed by atoms with Crippen molar-refractivity contribution in [1.82, 2.24) is 29.9 Å². The first-order valence-corrected chi connectivity index (χ1v) is 10.2. The highest BCUT2D eigenvalue weighted by Crippen LogP contribution is 2.31. The van der Waals surface area contributed by atoms with Gasteiger partial charge in [0.15, 0.2) is 5.69 Å². The molecule has 0 spiro atoms. The van der Waals surface area contributed by atoms with Gasteiger partial charge in [-0.2, -0.15) is 13.2 Å². The second-order valence-corrected chi connectivity index (χ2v) is 7.61. The van der Waals surface area contributed by atoms with Crippen molar-refractivity contribution in [2.24, 2.45) is 0 Å². The topological polar surface area (TPSA) is 94.7 Å². The molecule has 0 saturated carbocycles. The third-order valence-electron chi connectivity index (χ3n) is 5.04. The van der Waals surface area contributed by atoms with Crippen molar-refractivity contribution in [3.8, 4) is 22.8 Å². The van der Waals surface area contributed by atoms with E-state index < -0.39 is 28.9 Å². The van der Waals surface area contributed by atoms with E-state index >= 15 is 0 Å². The molecule has 4 rings (SSSR count). The second kappa shape index (κ2) is 8.75. The number of carbonyl (C=O) groups is 1. The number of aromatic nitrogens is 5. The van der Waals surface area contributed by atoms with E-state index in [-0.39, 0.29) is 17.1 Å². The molecule has 8 nitrogen and oxygen atoms in total. The fourth-order valence-corrected chi connectivity index (χ4v) is 3.54. The third-order valence-corrected chi connectivity index (χ3v) is 5.30. The van der Waals surface area contributed by atoms with E-state index in [0.29, 0.717) is 16.4 Å². The molecular formula is C22H16ClF3N6O2. The Hall–Kier alpha value is -3.99. The van der Waals surface area contributed by atoms with Crippen molar-refractivity contribution in [2.75, 3.05) is 7.05 Å². The number of amides is 1. The van der Waals surface area contributed by atoms with E-state index in [1.54, 1.807) is 24.3 Å². The number of hydrogen-bond acceptors (Lipinski definition) is 5. The summed E-state index contributed by atoms with van der Waals surface area (Å²) >= 11 is 5.96. The minimum Gasteiger partial charge on any atom is -0.354 e. The third kappa shape index (κ3) is 4.17. The number of carbonyl (C=O) groups excluding carboxylic acids is 1. The monoisotopic (exact) mass is 488 g/mol. The number of hydrogen-bond donors (Lipinski definition) is 1. The van der Waals surface area contributed by atoms with Gasteiger partial charge in [0.05, 0.1) is 23.1 Å². The lowest BCUT2D eigenvalue weighted by Crippen LogP contribution is -2.34. The van der Waals surface area contributed by atoms with E-state index in [4.69, 9.17) is 11.6 Å². The molecule has 2 aromatic carbocycles. The zero-order valence-electron chi connectivity index (χ0n) is 17.8. The van der Waals surface area contributed by atoms with E-state index in [1.807, 2.05) is 0 Å². The average molecular weight is 489 g/mol. The van der Waals surface area contributed by atoms with Gasteiger partial charge in [-0.05, 0) is 49.4 Å². The average Bonchev–Trinajstić information content (AvgIpc) is 3.28.